The second-order valence-corrected chi connectivity index (χ2v) is 4.89. The largest absolute Gasteiger partial charge is 0.378 e. The van der Waals surface area contributed by atoms with Crippen LogP contribution in [-0.2, 0) is 11.2 Å². The van der Waals surface area contributed by atoms with Crippen molar-refractivity contribution in [2.75, 3.05) is 13.2 Å². The van der Waals surface area contributed by atoms with Gasteiger partial charge in [-0.1, -0.05) is 5.16 Å². The molecule has 2 unspecified atom stereocenters. The normalized spacial score (nSPS) is 29.6. The molecule has 0 radical (unpaired) electrons. The molecule has 17 heavy (non-hydrogen) atoms. The van der Waals surface area contributed by atoms with E-state index in [1.165, 1.54) is 19.3 Å². The summed E-state index contributed by atoms with van der Waals surface area (Å²) in [4.78, 5) is 4.47. The van der Waals surface area contributed by atoms with Crippen LogP contribution in [0.2, 0.25) is 0 Å². The summed E-state index contributed by atoms with van der Waals surface area (Å²) in [5, 5.41) is 7.43. The van der Waals surface area contributed by atoms with E-state index in [1.54, 1.807) is 0 Å². The lowest BCUT2D eigenvalue weighted by Crippen LogP contribution is -2.21. The highest BCUT2D eigenvalue weighted by Gasteiger charge is 2.23. The van der Waals surface area contributed by atoms with Crippen LogP contribution in [0.3, 0.4) is 0 Å². The number of rotatable bonds is 3. The molecule has 2 aliphatic heterocycles. The number of nitrogens with one attached hydrogen (secondary N) is 1. The van der Waals surface area contributed by atoms with E-state index in [9.17, 15) is 0 Å². The average molecular weight is 237 g/mol. The highest BCUT2D eigenvalue weighted by atomic mass is 16.5. The van der Waals surface area contributed by atoms with Gasteiger partial charge in [0.15, 0.2) is 5.82 Å². The summed E-state index contributed by atoms with van der Waals surface area (Å²) in [6.45, 7) is 1.93. The molecule has 0 saturated carbocycles. The molecule has 2 atom stereocenters. The first-order chi connectivity index (χ1) is 8.42. The third-order valence-corrected chi connectivity index (χ3v) is 3.53. The van der Waals surface area contributed by atoms with Crippen molar-refractivity contribution in [1.82, 2.24) is 15.5 Å². The fraction of sp³-hybridized carbons (Fsp3) is 0.833. The molecule has 1 aromatic heterocycles. The molecule has 2 aliphatic rings. The summed E-state index contributed by atoms with van der Waals surface area (Å²) >= 11 is 0. The molecule has 5 heteroatoms. The number of hydrogen-bond donors (Lipinski definition) is 1. The topological polar surface area (TPSA) is 60.2 Å². The fourth-order valence-corrected chi connectivity index (χ4v) is 2.56. The van der Waals surface area contributed by atoms with Crippen molar-refractivity contribution in [3.8, 4) is 0 Å². The van der Waals surface area contributed by atoms with Crippen molar-refractivity contribution in [1.29, 1.82) is 0 Å². The first-order valence-electron chi connectivity index (χ1n) is 6.59. The summed E-state index contributed by atoms with van der Waals surface area (Å²) in [5.41, 5.74) is 0. The zero-order valence-electron chi connectivity index (χ0n) is 10.0. The molecular weight excluding hydrogens is 218 g/mol. The molecule has 1 N–H and O–H groups in total. The lowest BCUT2D eigenvalue weighted by Gasteiger charge is -2.20. The smallest absolute Gasteiger partial charge is 0.229 e. The van der Waals surface area contributed by atoms with Gasteiger partial charge < -0.3 is 14.6 Å². The second-order valence-electron chi connectivity index (χ2n) is 4.89. The Kier molecular flexibility index (Phi) is 3.38. The van der Waals surface area contributed by atoms with E-state index in [4.69, 9.17) is 9.26 Å². The zero-order chi connectivity index (χ0) is 11.5. The Bertz CT molecular complexity index is 354. The van der Waals surface area contributed by atoms with Gasteiger partial charge in [0.2, 0.25) is 5.89 Å². The van der Waals surface area contributed by atoms with Crippen molar-refractivity contribution in [3.63, 3.8) is 0 Å². The van der Waals surface area contributed by atoms with Gasteiger partial charge in [0, 0.05) is 6.61 Å². The third kappa shape index (κ3) is 2.66. The van der Waals surface area contributed by atoms with Crippen LogP contribution in [-0.4, -0.2) is 29.4 Å². The molecule has 2 fully saturated rings. The van der Waals surface area contributed by atoms with E-state index >= 15 is 0 Å². The minimum absolute atomic E-state index is 0.272. The summed E-state index contributed by atoms with van der Waals surface area (Å²) < 4.78 is 11.0. The Morgan fingerprint density at radius 1 is 1.24 bits per heavy atom. The Morgan fingerprint density at radius 3 is 3.00 bits per heavy atom. The molecule has 3 rings (SSSR count). The van der Waals surface area contributed by atoms with Crippen molar-refractivity contribution in [2.24, 2.45) is 0 Å². The van der Waals surface area contributed by atoms with Crippen LogP contribution in [0.1, 0.15) is 49.9 Å². The molecule has 5 nitrogen and oxygen atoms in total. The summed E-state index contributed by atoms with van der Waals surface area (Å²) in [6, 6.07) is 0.291. The standard InChI is InChI=1S/C12H19N3O2/c1-2-7-16-9(4-1)8-11-14-12(15-17-11)10-5-3-6-13-10/h9-10,13H,1-8H2. The minimum Gasteiger partial charge on any atom is -0.378 e. The Morgan fingerprint density at radius 2 is 2.24 bits per heavy atom. The molecule has 0 amide bonds. The van der Waals surface area contributed by atoms with Gasteiger partial charge in [0.1, 0.15) is 0 Å². The number of aromatic nitrogens is 2. The van der Waals surface area contributed by atoms with Crippen molar-refractivity contribution >= 4 is 0 Å². The highest BCUT2D eigenvalue weighted by molar-refractivity contribution is 4.97. The maximum absolute atomic E-state index is 5.67. The maximum Gasteiger partial charge on any atom is 0.229 e. The molecular formula is C12H19N3O2. The SMILES string of the molecule is C1CCC(Cc2nc(C3CCCN3)no2)OC1. The monoisotopic (exact) mass is 237 g/mol. The van der Waals surface area contributed by atoms with Gasteiger partial charge in [-0.05, 0) is 38.6 Å². The Hall–Kier alpha value is -0.940. The van der Waals surface area contributed by atoms with Crippen LogP contribution < -0.4 is 5.32 Å². The molecule has 0 aliphatic carbocycles. The molecule has 2 saturated heterocycles. The first kappa shape index (κ1) is 11.2. The van der Waals surface area contributed by atoms with E-state index in [0.717, 1.165) is 44.1 Å². The van der Waals surface area contributed by atoms with E-state index in [2.05, 4.69) is 15.5 Å². The number of ether oxygens (including phenoxy) is 1. The first-order valence-corrected chi connectivity index (χ1v) is 6.59. The number of hydrogen-bond acceptors (Lipinski definition) is 5. The Balaban J connectivity index is 1.59. The molecule has 0 spiro atoms. The van der Waals surface area contributed by atoms with Crippen molar-refractivity contribution < 1.29 is 9.26 Å². The average Bonchev–Trinajstić information content (AvgIpc) is 3.00. The number of nitrogens with zero attached hydrogens (tertiary/aromatic N) is 2. The summed E-state index contributed by atoms with van der Waals surface area (Å²) in [7, 11) is 0. The minimum atomic E-state index is 0.272. The lowest BCUT2D eigenvalue weighted by molar-refractivity contribution is 0.0124. The predicted octanol–water partition coefficient (Wildman–Crippen LogP) is 1.61. The van der Waals surface area contributed by atoms with Crippen LogP contribution in [0.25, 0.3) is 0 Å². The summed E-state index contributed by atoms with van der Waals surface area (Å²) in [5.74, 6) is 1.54. The van der Waals surface area contributed by atoms with Gasteiger partial charge >= 0.3 is 0 Å². The highest BCUT2D eigenvalue weighted by Crippen LogP contribution is 2.21. The second kappa shape index (κ2) is 5.14. The van der Waals surface area contributed by atoms with E-state index in [-0.39, 0.29) is 6.10 Å². The van der Waals surface area contributed by atoms with E-state index in [0.29, 0.717) is 6.04 Å². The molecule has 94 valence electrons. The lowest BCUT2D eigenvalue weighted by atomic mass is 10.1. The van der Waals surface area contributed by atoms with Gasteiger partial charge in [-0.25, -0.2) is 0 Å². The van der Waals surface area contributed by atoms with E-state index in [1.807, 2.05) is 0 Å². The van der Waals surface area contributed by atoms with Crippen LogP contribution >= 0.6 is 0 Å². The van der Waals surface area contributed by atoms with Gasteiger partial charge in [0.05, 0.1) is 18.6 Å². The fourth-order valence-electron chi connectivity index (χ4n) is 2.56. The van der Waals surface area contributed by atoms with E-state index < -0.39 is 0 Å². The predicted molar refractivity (Wildman–Crippen MR) is 61.6 cm³/mol. The maximum atomic E-state index is 5.67. The zero-order valence-corrected chi connectivity index (χ0v) is 10.0. The van der Waals surface area contributed by atoms with Gasteiger partial charge in [0.25, 0.3) is 0 Å². The molecule has 1 aromatic rings. The summed E-state index contributed by atoms with van der Waals surface area (Å²) in [6.07, 6.45) is 6.87. The van der Waals surface area contributed by atoms with Gasteiger partial charge in [-0.2, -0.15) is 4.98 Å². The third-order valence-electron chi connectivity index (χ3n) is 3.53. The molecule has 3 heterocycles. The molecule has 0 aromatic carbocycles. The van der Waals surface area contributed by atoms with Gasteiger partial charge in [-0.15, -0.1) is 0 Å². The van der Waals surface area contributed by atoms with Crippen molar-refractivity contribution in [3.05, 3.63) is 11.7 Å². The molecule has 0 bridgehead atoms. The van der Waals surface area contributed by atoms with Gasteiger partial charge in [-0.3, -0.25) is 0 Å². The van der Waals surface area contributed by atoms with Crippen LogP contribution in [0.4, 0.5) is 0 Å². The Labute approximate surface area is 101 Å². The van der Waals surface area contributed by atoms with Crippen LogP contribution in [0.5, 0.6) is 0 Å². The quantitative estimate of drug-likeness (QED) is 0.865. The van der Waals surface area contributed by atoms with Crippen LogP contribution in [0.15, 0.2) is 4.52 Å². The van der Waals surface area contributed by atoms with Crippen molar-refractivity contribution in [2.45, 2.75) is 50.7 Å². The van der Waals surface area contributed by atoms with Crippen LogP contribution in [0, 0.1) is 0 Å².